The average Bonchev–Trinajstić information content (AvgIpc) is 2.67. The Balaban J connectivity index is 2.16. The molecular formula is C20H24O9. The number of aromatic hydroxyl groups is 1. The number of aliphatic hydroxyl groups is 4. The number of ketones is 1. The maximum absolute atomic E-state index is 12.3. The molecule has 0 saturated carbocycles. The molecule has 29 heavy (non-hydrogen) atoms. The van der Waals surface area contributed by atoms with Gasteiger partial charge in [0.05, 0.1) is 24.7 Å². The maximum Gasteiger partial charge on any atom is 0.229 e. The number of rotatable bonds is 5. The van der Waals surface area contributed by atoms with Crippen molar-refractivity contribution < 1.29 is 44.5 Å². The molecule has 0 unspecified atom stereocenters. The van der Waals surface area contributed by atoms with Crippen molar-refractivity contribution in [3.63, 3.8) is 0 Å². The fraction of sp³-hybridized carbons (Fsp3) is 0.450. The van der Waals surface area contributed by atoms with Gasteiger partial charge in [-0.25, -0.2) is 0 Å². The lowest BCUT2D eigenvalue weighted by atomic mass is 9.96. The fourth-order valence-corrected chi connectivity index (χ4v) is 3.55. The minimum absolute atomic E-state index is 0.0445. The Morgan fingerprint density at radius 3 is 2.41 bits per heavy atom. The lowest BCUT2D eigenvalue weighted by Crippen LogP contribution is -2.60. The molecule has 1 heterocycles. The topological polar surface area (TPSA) is 146 Å². The molecule has 0 aromatic heterocycles. The number of aryl methyl sites for hydroxylation is 1. The number of hydrogen-bond donors (Lipinski definition) is 5. The van der Waals surface area contributed by atoms with Crippen molar-refractivity contribution in [1.82, 2.24) is 0 Å². The third-order valence-corrected chi connectivity index (χ3v) is 5.01. The Kier molecular flexibility index (Phi) is 5.97. The largest absolute Gasteiger partial charge is 0.507 e. The predicted octanol–water partition coefficient (Wildman–Crippen LogP) is 0.244. The van der Waals surface area contributed by atoms with Gasteiger partial charge in [-0.05, 0) is 30.9 Å². The molecule has 3 rings (SSSR count). The zero-order valence-corrected chi connectivity index (χ0v) is 16.2. The second-order valence-electron chi connectivity index (χ2n) is 7.01. The number of Topliss-reactive ketones (excluding diaryl/α,β-unsaturated/α-hetero) is 1. The van der Waals surface area contributed by atoms with Gasteiger partial charge in [-0.15, -0.1) is 0 Å². The minimum Gasteiger partial charge on any atom is -0.507 e. The van der Waals surface area contributed by atoms with Crippen molar-refractivity contribution in [3.8, 4) is 17.2 Å². The van der Waals surface area contributed by atoms with E-state index in [4.69, 9.17) is 14.2 Å². The van der Waals surface area contributed by atoms with Gasteiger partial charge < -0.3 is 39.7 Å². The summed E-state index contributed by atoms with van der Waals surface area (Å²) in [5.74, 6) is -0.221. The van der Waals surface area contributed by atoms with E-state index in [1.165, 1.54) is 20.1 Å². The number of carbonyl (C=O) groups excluding carboxylic acids is 1. The molecule has 1 saturated heterocycles. The highest BCUT2D eigenvalue weighted by atomic mass is 16.7. The number of fused-ring (bicyclic) bond motifs is 1. The molecule has 9 nitrogen and oxygen atoms in total. The normalized spacial score (nSPS) is 27.1. The van der Waals surface area contributed by atoms with E-state index < -0.39 is 37.3 Å². The van der Waals surface area contributed by atoms with E-state index in [0.29, 0.717) is 16.7 Å². The third kappa shape index (κ3) is 3.75. The van der Waals surface area contributed by atoms with Crippen LogP contribution in [0, 0.1) is 6.92 Å². The molecule has 9 heteroatoms. The molecule has 0 amide bonds. The van der Waals surface area contributed by atoms with E-state index >= 15 is 0 Å². The van der Waals surface area contributed by atoms with E-state index in [0.717, 1.165) is 0 Å². The van der Waals surface area contributed by atoms with Crippen LogP contribution in [-0.2, 0) is 4.74 Å². The summed E-state index contributed by atoms with van der Waals surface area (Å²) < 4.78 is 16.3. The summed E-state index contributed by atoms with van der Waals surface area (Å²) in [6, 6.07) is 4.68. The summed E-state index contributed by atoms with van der Waals surface area (Å²) in [6.45, 7) is 2.39. The van der Waals surface area contributed by atoms with Crippen molar-refractivity contribution in [2.45, 2.75) is 44.6 Å². The highest BCUT2D eigenvalue weighted by Crippen LogP contribution is 2.42. The zero-order chi connectivity index (χ0) is 21.5. The summed E-state index contributed by atoms with van der Waals surface area (Å²) in [5.41, 5.74) is 0.715. The fourth-order valence-electron chi connectivity index (χ4n) is 3.55. The van der Waals surface area contributed by atoms with Crippen molar-refractivity contribution in [1.29, 1.82) is 0 Å². The molecule has 2 aromatic carbocycles. The summed E-state index contributed by atoms with van der Waals surface area (Å²) in [5, 5.41) is 50.9. The van der Waals surface area contributed by atoms with E-state index in [-0.39, 0.29) is 28.2 Å². The van der Waals surface area contributed by atoms with Crippen LogP contribution in [-0.4, -0.2) is 75.7 Å². The van der Waals surface area contributed by atoms with Crippen molar-refractivity contribution in [2.24, 2.45) is 0 Å². The summed E-state index contributed by atoms with van der Waals surface area (Å²) in [4.78, 5) is 12.3. The summed E-state index contributed by atoms with van der Waals surface area (Å²) >= 11 is 0. The van der Waals surface area contributed by atoms with Gasteiger partial charge in [0.1, 0.15) is 41.7 Å². The van der Waals surface area contributed by atoms with Gasteiger partial charge in [0.2, 0.25) is 6.29 Å². The Hall–Kier alpha value is -2.43. The van der Waals surface area contributed by atoms with Gasteiger partial charge >= 0.3 is 0 Å². The first-order chi connectivity index (χ1) is 13.7. The summed E-state index contributed by atoms with van der Waals surface area (Å²) in [7, 11) is 1.45. The first kappa shape index (κ1) is 21.3. The number of hydrogen-bond acceptors (Lipinski definition) is 9. The lowest BCUT2D eigenvalue weighted by molar-refractivity contribution is -0.277. The SMILES string of the molecule is COc1cc(O)c2c(O[C@@H]3O[C@H](CO)[C@@H](O)[C@@H](O)[C@H]3O)c(C(C)=O)c(C)cc2c1. The van der Waals surface area contributed by atoms with Gasteiger partial charge in [0, 0.05) is 6.07 Å². The van der Waals surface area contributed by atoms with Crippen LogP contribution in [0.4, 0.5) is 0 Å². The number of ether oxygens (including phenoxy) is 3. The first-order valence-electron chi connectivity index (χ1n) is 9.02. The van der Waals surface area contributed by atoms with Crippen LogP contribution in [0.25, 0.3) is 10.8 Å². The zero-order valence-electron chi connectivity index (χ0n) is 16.2. The molecule has 5 N–H and O–H groups in total. The van der Waals surface area contributed by atoms with Gasteiger partial charge in [-0.2, -0.15) is 0 Å². The molecular weight excluding hydrogens is 384 g/mol. The van der Waals surface area contributed by atoms with Crippen molar-refractivity contribution in [3.05, 3.63) is 29.3 Å². The van der Waals surface area contributed by atoms with E-state index in [1.807, 2.05) is 0 Å². The molecule has 1 aliphatic heterocycles. The highest BCUT2D eigenvalue weighted by Gasteiger charge is 2.45. The maximum atomic E-state index is 12.3. The average molecular weight is 408 g/mol. The number of phenols is 1. The van der Waals surface area contributed by atoms with Gasteiger partial charge in [0.15, 0.2) is 5.78 Å². The molecule has 2 aromatic rings. The Morgan fingerprint density at radius 2 is 1.83 bits per heavy atom. The summed E-state index contributed by atoms with van der Waals surface area (Å²) in [6.07, 6.45) is -7.53. The van der Waals surface area contributed by atoms with Crippen LogP contribution in [0.15, 0.2) is 18.2 Å². The van der Waals surface area contributed by atoms with Crippen molar-refractivity contribution in [2.75, 3.05) is 13.7 Å². The van der Waals surface area contributed by atoms with E-state index in [9.17, 15) is 30.3 Å². The smallest absolute Gasteiger partial charge is 0.229 e. The molecule has 1 fully saturated rings. The number of carbonyl (C=O) groups is 1. The second-order valence-corrected chi connectivity index (χ2v) is 7.01. The Labute approximate surface area is 166 Å². The van der Waals surface area contributed by atoms with Crippen LogP contribution in [0.1, 0.15) is 22.8 Å². The van der Waals surface area contributed by atoms with Crippen LogP contribution in [0.3, 0.4) is 0 Å². The number of phenolic OH excluding ortho intramolecular Hbond substituents is 1. The first-order valence-corrected chi connectivity index (χ1v) is 9.02. The molecule has 5 atom stereocenters. The Morgan fingerprint density at radius 1 is 1.14 bits per heavy atom. The minimum atomic E-state index is -1.66. The second kappa shape index (κ2) is 8.13. The van der Waals surface area contributed by atoms with Crippen LogP contribution in [0.2, 0.25) is 0 Å². The van der Waals surface area contributed by atoms with Crippen LogP contribution >= 0.6 is 0 Å². The molecule has 0 bridgehead atoms. The standard InChI is InChI=1S/C20H24O9/c1-8-4-10-5-11(27-3)6-12(23)15(10)19(14(8)9(2)22)29-20-18(26)17(25)16(24)13(7-21)28-20/h4-6,13,16-18,20-21,23-26H,7H2,1-3H3/t13-,16-,17-,18-,20+/m1/s1. The number of aliphatic hydroxyl groups excluding tert-OH is 4. The third-order valence-electron chi connectivity index (χ3n) is 5.01. The quantitative estimate of drug-likeness (QED) is 0.439. The van der Waals surface area contributed by atoms with Crippen molar-refractivity contribution >= 4 is 16.6 Å². The van der Waals surface area contributed by atoms with Gasteiger partial charge in [-0.3, -0.25) is 4.79 Å². The Bertz CT molecular complexity index is 924. The molecule has 0 aliphatic carbocycles. The van der Waals surface area contributed by atoms with Crippen LogP contribution < -0.4 is 9.47 Å². The van der Waals surface area contributed by atoms with Gasteiger partial charge in [-0.1, -0.05) is 6.07 Å². The molecule has 158 valence electrons. The van der Waals surface area contributed by atoms with Crippen LogP contribution in [0.5, 0.6) is 17.2 Å². The molecule has 0 radical (unpaired) electrons. The number of methoxy groups -OCH3 is 1. The van der Waals surface area contributed by atoms with Gasteiger partial charge in [0.25, 0.3) is 0 Å². The highest BCUT2D eigenvalue weighted by molar-refractivity contribution is 6.07. The molecule has 1 aliphatic rings. The lowest BCUT2D eigenvalue weighted by Gasteiger charge is -2.40. The van der Waals surface area contributed by atoms with E-state index in [1.54, 1.807) is 19.1 Å². The monoisotopic (exact) mass is 408 g/mol. The molecule has 0 spiro atoms. The van der Waals surface area contributed by atoms with E-state index in [2.05, 4.69) is 0 Å². The number of benzene rings is 2. The predicted molar refractivity (Wildman–Crippen MR) is 101 cm³/mol.